The number of ether oxygens (including phenoxy) is 1. The average Bonchev–Trinajstić information content (AvgIpc) is 3.35. The summed E-state index contributed by atoms with van der Waals surface area (Å²) in [5, 5.41) is 3.23. The molecular weight excluding hydrogens is 288 g/mol. The fourth-order valence-electron chi connectivity index (χ4n) is 3.53. The van der Waals surface area contributed by atoms with E-state index in [4.69, 9.17) is 4.74 Å². The zero-order chi connectivity index (χ0) is 16.9. The summed E-state index contributed by atoms with van der Waals surface area (Å²) in [6, 6.07) is 0. The van der Waals surface area contributed by atoms with E-state index in [2.05, 4.69) is 37.9 Å². The molecule has 23 heavy (non-hydrogen) atoms. The lowest BCUT2D eigenvalue weighted by molar-refractivity contribution is -0.128. The second-order valence-corrected chi connectivity index (χ2v) is 7.90. The fourth-order valence-corrected chi connectivity index (χ4v) is 3.53. The highest BCUT2D eigenvalue weighted by molar-refractivity contribution is 5.85. The number of carbonyl (C=O) groups is 1. The highest BCUT2D eigenvalue weighted by Gasteiger charge is 2.51. The number of rotatable bonds is 9. The largest absolute Gasteiger partial charge is 0.377 e. The van der Waals surface area contributed by atoms with E-state index in [9.17, 15) is 4.79 Å². The van der Waals surface area contributed by atoms with Crippen LogP contribution in [0.4, 0.5) is 0 Å². The first-order chi connectivity index (χ1) is 11.0. The molecule has 1 aliphatic heterocycles. The van der Waals surface area contributed by atoms with Crippen molar-refractivity contribution in [2.75, 3.05) is 32.8 Å². The lowest BCUT2D eigenvalue weighted by atomic mass is 9.90. The molecule has 0 bridgehead atoms. The number of amides is 1. The molecule has 0 radical (unpaired) electrons. The van der Waals surface area contributed by atoms with Crippen molar-refractivity contribution < 1.29 is 11.0 Å². The first-order valence-corrected chi connectivity index (χ1v) is 9.60. The van der Waals surface area contributed by atoms with Crippen LogP contribution in [-0.2, 0) is 9.53 Å². The Morgan fingerprint density at radius 1 is 1.30 bits per heavy atom. The first-order valence-electron chi connectivity index (χ1n) is 9.60. The molecule has 2 aliphatic rings. The van der Waals surface area contributed by atoms with Crippen LogP contribution >= 0.6 is 0 Å². The molecule has 0 aromatic carbocycles. The number of nitrogens with one attached hydrogen (secondary N) is 1. The topological polar surface area (TPSA) is 41.6 Å². The van der Waals surface area contributed by atoms with Crippen LogP contribution in [0.2, 0.25) is 0 Å². The van der Waals surface area contributed by atoms with Crippen LogP contribution in [0.5, 0.6) is 0 Å². The molecule has 1 saturated heterocycles. The highest BCUT2D eigenvalue weighted by atomic mass is 16.5. The second kappa shape index (κ2) is 8.48. The first kappa shape index (κ1) is 18.7. The van der Waals surface area contributed by atoms with Gasteiger partial charge in [0.15, 0.2) is 0 Å². The Balaban J connectivity index is 0.00000288. The van der Waals surface area contributed by atoms with Gasteiger partial charge >= 0.3 is 0 Å². The van der Waals surface area contributed by atoms with Crippen molar-refractivity contribution in [1.29, 1.82) is 0 Å². The molecule has 4 nitrogen and oxygen atoms in total. The molecule has 0 aromatic rings. The molecule has 4 heteroatoms. The van der Waals surface area contributed by atoms with Gasteiger partial charge in [0.05, 0.1) is 18.1 Å². The third-order valence-electron chi connectivity index (χ3n) is 5.99. The molecule has 0 aromatic heterocycles. The summed E-state index contributed by atoms with van der Waals surface area (Å²) in [6.07, 6.45) is 5.99. The summed E-state index contributed by atoms with van der Waals surface area (Å²) in [5.74, 6) is 1.42. The molecule has 2 rings (SSSR count). The van der Waals surface area contributed by atoms with Gasteiger partial charge in [-0.25, -0.2) is 0 Å². The third-order valence-corrected chi connectivity index (χ3v) is 5.99. The minimum atomic E-state index is -0.0337. The maximum atomic E-state index is 12.4. The predicted molar refractivity (Wildman–Crippen MR) is 96.5 cm³/mol. The number of nitrogens with zero attached hydrogens (tertiary/aromatic N) is 1. The average molecular weight is 327 g/mol. The number of hydrogen-bond donors (Lipinski definition) is 1. The summed E-state index contributed by atoms with van der Waals surface area (Å²) >= 11 is 0. The van der Waals surface area contributed by atoms with Crippen molar-refractivity contribution in [3.63, 3.8) is 0 Å². The lowest BCUT2D eigenvalue weighted by Crippen LogP contribution is -2.42. The predicted octanol–water partition coefficient (Wildman–Crippen LogP) is 3.31. The molecule has 1 heterocycles. The number of likely N-dealkylation sites (tertiary alicyclic amines) is 1. The summed E-state index contributed by atoms with van der Waals surface area (Å²) in [5.41, 5.74) is -0.0337. The Labute approximate surface area is 143 Å². The van der Waals surface area contributed by atoms with E-state index in [1.807, 2.05) is 0 Å². The van der Waals surface area contributed by atoms with Crippen LogP contribution in [-0.4, -0.2) is 49.7 Å². The Bertz CT molecular complexity index is 378. The van der Waals surface area contributed by atoms with Gasteiger partial charge in [0, 0.05) is 14.5 Å². The summed E-state index contributed by atoms with van der Waals surface area (Å²) < 4.78 is 5.77. The molecule has 1 unspecified atom stereocenters. The minimum absolute atomic E-state index is 0. The molecule has 1 amide bonds. The molecule has 136 valence electrons. The Morgan fingerprint density at radius 2 is 1.96 bits per heavy atom. The van der Waals surface area contributed by atoms with Crippen LogP contribution in [0, 0.1) is 17.3 Å². The normalized spacial score (nSPS) is 23.0. The molecule has 1 atom stereocenters. The lowest BCUT2D eigenvalue weighted by Gasteiger charge is -2.32. The van der Waals surface area contributed by atoms with Crippen LogP contribution in [0.25, 0.3) is 0 Å². The van der Waals surface area contributed by atoms with Crippen LogP contribution < -0.4 is 5.32 Å². The van der Waals surface area contributed by atoms with Gasteiger partial charge in [0.2, 0.25) is 5.91 Å². The third kappa shape index (κ3) is 5.18. The molecule has 1 saturated carbocycles. The van der Waals surface area contributed by atoms with Crippen LogP contribution in [0.3, 0.4) is 0 Å². The van der Waals surface area contributed by atoms with Gasteiger partial charge in [-0.15, -0.1) is 0 Å². The van der Waals surface area contributed by atoms with Gasteiger partial charge in [-0.1, -0.05) is 20.8 Å². The molecule has 0 spiro atoms. The fraction of sp³-hybridized carbons (Fsp3) is 0.947. The van der Waals surface area contributed by atoms with E-state index in [1.54, 1.807) is 0 Å². The molecule has 1 N–H and O–H groups in total. The zero-order valence-corrected chi connectivity index (χ0v) is 15.6. The maximum absolute atomic E-state index is 12.4. The Kier molecular flexibility index (Phi) is 6.90. The zero-order valence-electron chi connectivity index (χ0n) is 15.6. The molecular formula is C19H38N2O2. The quantitative estimate of drug-likeness (QED) is 0.707. The Morgan fingerprint density at radius 3 is 2.48 bits per heavy atom. The van der Waals surface area contributed by atoms with Gasteiger partial charge in [-0.05, 0) is 64.0 Å². The molecule has 2 fully saturated rings. The number of piperidine rings is 1. The minimum Gasteiger partial charge on any atom is -0.377 e. The van der Waals surface area contributed by atoms with Gasteiger partial charge < -0.3 is 15.0 Å². The van der Waals surface area contributed by atoms with E-state index < -0.39 is 0 Å². The summed E-state index contributed by atoms with van der Waals surface area (Å²) in [4.78, 5) is 14.9. The maximum Gasteiger partial charge on any atom is 0.226 e. The van der Waals surface area contributed by atoms with E-state index >= 15 is 0 Å². The van der Waals surface area contributed by atoms with Crippen molar-refractivity contribution >= 4 is 5.91 Å². The Hall–Kier alpha value is -0.610. The summed E-state index contributed by atoms with van der Waals surface area (Å²) in [7, 11) is 0. The smallest absolute Gasteiger partial charge is 0.226 e. The molecule has 1 aliphatic carbocycles. The number of carbonyl (C=O) groups excluding carboxylic acids is 1. The number of hydrogen-bond acceptors (Lipinski definition) is 3. The van der Waals surface area contributed by atoms with Crippen molar-refractivity contribution in [2.45, 2.75) is 65.9 Å². The highest BCUT2D eigenvalue weighted by Crippen LogP contribution is 2.52. The van der Waals surface area contributed by atoms with Gasteiger partial charge in [0.1, 0.15) is 0 Å². The van der Waals surface area contributed by atoms with Gasteiger partial charge in [-0.3, -0.25) is 4.79 Å². The van der Waals surface area contributed by atoms with E-state index in [-0.39, 0.29) is 6.84 Å². The van der Waals surface area contributed by atoms with Gasteiger partial charge in [0.25, 0.3) is 0 Å². The summed E-state index contributed by atoms with van der Waals surface area (Å²) in [6.45, 7) is 13.7. The van der Waals surface area contributed by atoms with Crippen molar-refractivity contribution in [3.8, 4) is 0 Å². The van der Waals surface area contributed by atoms with E-state index in [0.29, 0.717) is 23.8 Å². The van der Waals surface area contributed by atoms with Crippen molar-refractivity contribution in [1.82, 2.24) is 10.2 Å². The van der Waals surface area contributed by atoms with Gasteiger partial charge in [-0.2, -0.15) is 0 Å². The standard InChI is InChI=1S/C19H36N2O2.H2/c1-5-16(4)23-13-12-21-10-6-17(7-11-21)14-20-18(22)19(8-9-19)15(2)3;/h15-17H,5-14H2,1-4H3,(H,20,22);1H. The second-order valence-electron chi connectivity index (χ2n) is 7.90. The monoisotopic (exact) mass is 326 g/mol. The SMILES string of the molecule is CCC(C)OCCN1CCC(CNC(=O)C2(C(C)C)CC2)CC1.[HH]. The van der Waals surface area contributed by atoms with Crippen LogP contribution in [0.15, 0.2) is 0 Å². The van der Waals surface area contributed by atoms with E-state index in [1.165, 1.54) is 12.8 Å². The van der Waals surface area contributed by atoms with Crippen molar-refractivity contribution in [3.05, 3.63) is 0 Å². The van der Waals surface area contributed by atoms with E-state index in [0.717, 1.165) is 52.0 Å². The van der Waals surface area contributed by atoms with Crippen molar-refractivity contribution in [2.24, 2.45) is 17.3 Å². The van der Waals surface area contributed by atoms with Crippen LogP contribution in [0.1, 0.15) is 61.2 Å².